The first kappa shape index (κ1) is 11.8. The van der Waals surface area contributed by atoms with E-state index < -0.39 is 0 Å². The van der Waals surface area contributed by atoms with Crippen molar-refractivity contribution in [1.29, 1.82) is 0 Å². The van der Waals surface area contributed by atoms with Gasteiger partial charge in [0.25, 0.3) is 0 Å². The first-order valence-corrected chi connectivity index (χ1v) is 6.43. The minimum absolute atomic E-state index is 0.626. The third kappa shape index (κ3) is 3.15. The molecule has 14 heavy (non-hydrogen) atoms. The lowest BCUT2D eigenvalue weighted by atomic mass is 9.88. The van der Waals surface area contributed by atoms with E-state index in [1.165, 1.54) is 44.9 Å². The van der Waals surface area contributed by atoms with Gasteiger partial charge in [0, 0.05) is 0 Å². The van der Waals surface area contributed by atoms with Crippen LogP contribution in [0.5, 0.6) is 0 Å². The van der Waals surface area contributed by atoms with Crippen LogP contribution in [0.15, 0.2) is 12.2 Å². The molecule has 1 aliphatic rings. The maximum atomic E-state index is 2.52. The highest BCUT2D eigenvalue weighted by atomic mass is 14.5. The van der Waals surface area contributed by atoms with Gasteiger partial charge in [-0.2, -0.15) is 0 Å². The monoisotopic (exact) mass is 194 g/mol. The molecule has 0 aromatic heterocycles. The molecule has 0 heteroatoms. The predicted octanol–water partition coefficient (Wildman–Crippen LogP) is 4.95. The van der Waals surface area contributed by atoms with E-state index in [2.05, 4.69) is 32.9 Å². The van der Waals surface area contributed by atoms with Crippen LogP contribution >= 0.6 is 0 Å². The van der Waals surface area contributed by atoms with Gasteiger partial charge in [-0.15, -0.1) is 0 Å². The molecular weight excluding hydrogens is 168 g/mol. The van der Waals surface area contributed by atoms with E-state index in [4.69, 9.17) is 0 Å². The SMILES string of the molecule is CCCCCC=CC1(C(C)CC)CC1. The van der Waals surface area contributed by atoms with Crippen molar-refractivity contribution in [3.05, 3.63) is 12.2 Å². The van der Waals surface area contributed by atoms with Crippen LogP contribution in [0.2, 0.25) is 0 Å². The van der Waals surface area contributed by atoms with Gasteiger partial charge in [0.1, 0.15) is 0 Å². The molecule has 0 amide bonds. The van der Waals surface area contributed by atoms with E-state index in [1.807, 2.05) is 0 Å². The fourth-order valence-corrected chi connectivity index (χ4v) is 2.20. The summed E-state index contributed by atoms with van der Waals surface area (Å²) in [5.41, 5.74) is 0.626. The second kappa shape index (κ2) is 5.58. The highest BCUT2D eigenvalue weighted by molar-refractivity contribution is 5.11. The van der Waals surface area contributed by atoms with Crippen LogP contribution in [0.3, 0.4) is 0 Å². The lowest BCUT2D eigenvalue weighted by Crippen LogP contribution is -2.08. The van der Waals surface area contributed by atoms with Crippen LogP contribution in [0.1, 0.15) is 65.7 Å². The molecular formula is C14H26. The fourth-order valence-electron chi connectivity index (χ4n) is 2.20. The molecule has 0 nitrogen and oxygen atoms in total. The Morgan fingerprint density at radius 3 is 2.43 bits per heavy atom. The molecule has 1 rings (SSSR count). The van der Waals surface area contributed by atoms with Gasteiger partial charge in [-0.25, -0.2) is 0 Å². The van der Waals surface area contributed by atoms with E-state index >= 15 is 0 Å². The zero-order valence-electron chi connectivity index (χ0n) is 10.2. The van der Waals surface area contributed by atoms with Crippen molar-refractivity contribution in [2.75, 3.05) is 0 Å². The van der Waals surface area contributed by atoms with E-state index in [9.17, 15) is 0 Å². The van der Waals surface area contributed by atoms with Gasteiger partial charge in [0.2, 0.25) is 0 Å². The largest absolute Gasteiger partial charge is 0.0880 e. The maximum Gasteiger partial charge on any atom is -0.00921 e. The van der Waals surface area contributed by atoms with E-state index in [1.54, 1.807) is 0 Å². The first-order valence-electron chi connectivity index (χ1n) is 6.43. The molecule has 0 aliphatic heterocycles. The highest BCUT2D eigenvalue weighted by Gasteiger charge is 2.43. The van der Waals surface area contributed by atoms with Crippen LogP contribution < -0.4 is 0 Å². The molecule has 1 fully saturated rings. The normalized spacial score (nSPS) is 21.4. The quantitative estimate of drug-likeness (QED) is 0.397. The molecule has 0 aromatic rings. The molecule has 0 heterocycles. The van der Waals surface area contributed by atoms with Gasteiger partial charge in [-0.05, 0) is 37.0 Å². The summed E-state index contributed by atoms with van der Waals surface area (Å²) in [5, 5.41) is 0. The van der Waals surface area contributed by atoms with E-state index in [0.717, 1.165) is 5.92 Å². The number of unbranched alkanes of at least 4 members (excludes halogenated alkanes) is 3. The number of rotatable bonds is 7. The Labute approximate surface area is 89.8 Å². The lowest BCUT2D eigenvalue weighted by Gasteiger charge is -2.17. The van der Waals surface area contributed by atoms with Crippen molar-refractivity contribution in [1.82, 2.24) is 0 Å². The molecule has 1 atom stereocenters. The van der Waals surface area contributed by atoms with Crippen molar-refractivity contribution in [2.24, 2.45) is 11.3 Å². The Bertz CT molecular complexity index is 174. The molecule has 1 unspecified atom stereocenters. The second-order valence-electron chi connectivity index (χ2n) is 4.94. The van der Waals surface area contributed by atoms with E-state index in [-0.39, 0.29) is 0 Å². The predicted molar refractivity (Wildman–Crippen MR) is 64.4 cm³/mol. The molecule has 0 bridgehead atoms. The summed E-state index contributed by atoms with van der Waals surface area (Å²) in [7, 11) is 0. The Hall–Kier alpha value is -0.260. The standard InChI is InChI=1S/C14H26/c1-4-6-7-8-9-10-14(11-12-14)13(3)5-2/h9-10,13H,4-8,11-12H2,1-3H3. The van der Waals surface area contributed by atoms with Crippen LogP contribution in [0.25, 0.3) is 0 Å². The van der Waals surface area contributed by atoms with Gasteiger partial charge < -0.3 is 0 Å². The van der Waals surface area contributed by atoms with Crippen molar-refractivity contribution in [3.63, 3.8) is 0 Å². The summed E-state index contributed by atoms with van der Waals surface area (Å²) in [6, 6.07) is 0. The van der Waals surface area contributed by atoms with Gasteiger partial charge in [-0.1, -0.05) is 52.2 Å². The summed E-state index contributed by atoms with van der Waals surface area (Å²) in [5.74, 6) is 0.893. The van der Waals surface area contributed by atoms with Crippen LogP contribution in [-0.4, -0.2) is 0 Å². The summed E-state index contributed by atoms with van der Waals surface area (Å²) in [6.45, 7) is 6.99. The summed E-state index contributed by atoms with van der Waals surface area (Å²) in [6.07, 6.45) is 14.6. The van der Waals surface area contributed by atoms with Crippen molar-refractivity contribution in [2.45, 2.75) is 65.7 Å². The third-order valence-corrected chi connectivity index (χ3v) is 3.85. The van der Waals surface area contributed by atoms with Crippen LogP contribution in [0, 0.1) is 11.3 Å². The van der Waals surface area contributed by atoms with Crippen LogP contribution in [0.4, 0.5) is 0 Å². The van der Waals surface area contributed by atoms with Crippen LogP contribution in [-0.2, 0) is 0 Å². The van der Waals surface area contributed by atoms with Crippen molar-refractivity contribution >= 4 is 0 Å². The lowest BCUT2D eigenvalue weighted by molar-refractivity contribution is 0.396. The summed E-state index contributed by atoms with van der Waals surface area (Å²) < 4.78 is 0. The molecule has 0 aromatic carbocycles. The molecule has 82 valence electrons. The molecule has 1 aliphatic carbocycles. The van der Waals surface area contributed by atoms with Crippen molar-refractivity contribution in [3.8, 4) is 0 Å². The second-order valence-corrected chi connectivity index (χ2v) is 4.94. The number of hydrogen-bond acceptors (Lipinski definition) is 0. The molecule has 0 saturated heterocycles. The minimum atomic E-state index is 0.626. The first-order chi connectivity index (χ1) is 6.75. The smallest absolute Gasteiger partial charge is 0.00921 e. The van der Waals surface area contributed by atoms with Crippen molar-refractivity contribution < 1.29 is 0 Å². The molecule has 0 N–H and O–H groups in total. The van der Waals surface area contributed by atoms with Gasteiger partial charge in [-0.3, -0.25) is 0 Å². The average Bonchev–Trinajstić information content (AvgIpc) is 2.98. The molecule has 1 saturated carbocycles. The Kier molecular flexibility index (Phi) is 4.71. The Morgan fingerprint density at radius 2 is 1.93 bits per heavy atom. The highest BCUT2D eigenvalue weighted by Crippen LogP contribution is 2.54. The van der Waals surface area contributed by atoms with Gasteiger partial charge >= 0.3 is 0 Å². The zero-order valence-corrected chi connectivity index (χ0v) is 10.2. The fraction of sp³-hybridized carbons (Fsp3) is 0.857. The third-order valence-electron chi connectivity index (χ3n) is 3.85. The minimum Gasteiger partial charge on any atom is -0.0880 e. The van der Waals surface area contributed by atoms with Gasteiger partial charge in [0.15, 0.2) is 0 Å². The zero-order chi connectivity index (χ0) is 10.4. The maximum absolute atomic E-state index is 2.52. The summed E-state index contributed by atoms with van der Waals surface area (Å²) >= 11 is 0. The average molecular weight is 194 g/mol. The topological polar surface area (TPSA) is 0 Å². The number of allylic oxidation sites excluding steroid dienone is 2. The molecule has 0 radical (unpaired) electrons. The summed E-state index contributed by atoms with van der Waals surface area (Å²) in [4.78, 5) is 0. The Morgan fingerprint density at radius 1 is 1.21 bits per heavy atom. The number of hydrogen-bond donors (Lipinski definition) is 0. The van der Waals surface area contributed by atoms with E-state index in [0.29, 0.717) is 5.41 Å². The Balaban J connectivity index is 2.22. The van der Waals surface area contributed by atoms with Gasteiger partial charge in [0.05, 0.1) is 0 Å². The molecule has 0 spiro atoms.